The van der Waals surface area contributed by atoms with Gasteiger partial charge in [0, 0.05) is 0 Å². The molecule has 6 nitrogen and oxygen atoms in total. The maximum atomic E-state index is 12.9. The smallest absolute Gasteiger partial charge is 0.406 e. The summed E-state index contributed by atoms with van der Waals surface area (Å²) in [6, 6.07) is 4.88. The molecule has 1 saturated heterocycles. The molecule has 3 rings (SSSR count). The number of carbonyl (C=O) groups excluding carboxylic acids is 2. The maximum absolute atomic E-state index is 12.9. The van der Waals surface area contributed by atoms with Gasteiger partial charge in [-0.1, -0.05) is 24.3 Å². The van der Waals surface area contributed by atoms with Crippen LogP contribution in [0.1, 0.15) is 30.0 Å². The Morgan fingerprint density at radius 2 is 1.22 bits per heavy atom. The van der Waals surface area contributed by atoms with Crippen LogP contribution in [0.5, 0.6) is 11.5 Å². The number of amides is 2. The highest BCUT2D eigenvalue weighted by molar-refractivity contribution is 6.01. The lowest BCUT2D eigenvalue weighted by molar-refractivity contribution is -0.275. The van der Waals surface area contributed by atoms with E-state index in [1.54, 1.807) is 5.32 Å². The van der Waals surface area contributed by atoms with E-state index in [1.807, 2.05) is 0 Å². The van der Waals surface area contributed by atoms with Crippen molar-refractivity contribution < 1.29 is 58.6 Å². The molecule has 0 aliphatic carbocycles. The van der Waals surface area contributed by atoms with Gasteiger partial charge < -0.3 is 20.1 Å². The van der Waals surface area contributed by atoms with E-state index < -0.39 is 73.1 Å². The second kappa shape index (κ2) is 10.4. The van der Waals surface area contributed by atoms with Crippen LogP contribution in [0.25, 0.3) is 0 Å². The molecule has 202 valence electrons. The molecule has 2 N–H and O–H groups in total. The van der Waals surface area contributed by atoms with E-state index >= 15 is 0 Å². The first kappa shape index (κ1) is 27.9. The average molecular weight is 544 g/mol. The summed E-state index contributed by atoms with van der Waals surface area (Å²) in [7, 11) is 0. The van der Waals surface area contributed by atoms with Crippen molar-refractivity contribution >= 4 is 11.8 Å². The summed E-state index contributed by atoms with van der Waals surface area (Å²) in [6.07, 6.45) is -15.7. The minimum atomic E-state index is -4.98. The average Bonchev–Trinajstić information content (AvgIpc) is 2.76. The molecule has 2 amide bonds. The van der Waals surface area contributed by atoms with Gasteiger partial charge in [-0.3, -0.25) is 9.59 Å². The summed E-state index contributed by atoms with van der Waals surface area (Å²) in [5, 5.41) is 4.16. The van der Waals surface area contributed by atoms with Gasteiger partial charge >= 0.3 is 18.9 Å². The summed E-state index contributed by atoms with van der Waals surface area (Å²) < 4.78 is 121. The molecular formula is C22H17F9N2O4. The van der Waals surface area contributed by atoms with E-state index in [4.69, 9.17) is 0 Å². The lowest BCUT2D eigenvalue weighted by atomic mass is 9.91. The number of nitrogens with one attached hydrogen (secondary N) is 2. The fourth-order valence-electron chi connectivity index (χ4n) is 3.63. The fourth-order valence-corrected chi connectivity index (χ4v) is 3.63. The van der Waals surface area contributed by atoms with Crippen LogP contribution in [0.15, 0.2) is 48.5 Å². The number of benzene rings is 2. The normalized spacial score (nSPS) is 18.8. The van der Waals surface area contributed by atoms with Crippen molar-refractivity contribution in [1.29, 1.82) is 0 Å². The van der Waals surface area contributed by atoms with Gasteiger partial charge in [0.15, 0.2) is 0 Å². The first-order valence-electron chi connectivity index (χ1n) is 10.4. The number of piperidine rings is 1. The molecule has 0 aromatic heterocycles. The third-order valence-electron chi connectivity index (χ3n) is 5.27. The molecule has 0 spiro atoms. The van der Waals surface area contributed by atoms with E-state index in [2.05, 4.69) is 14.8 Å². The topological polar surface area (TPSA) is 76.7 Å². The standard InChI is InChI=1S/C22H17F9N2O4/c23-20(24,25)16-10-9-15(18(34)32-16)19(35)33-17(11-1-5-13(6-2-11)36-21(26,27)28)12-3-7-14(8-4-12)37-22(29,30)31/h1-8,15-17H,9-10H2,(H,32,34)(H,33,35). The third kappa shape index (κ3) is 7.92. The van der Waals surface area contributed by atoms with E-state index in [1.165, 1.54) is 0 Å². The molecule has 0 bridgehead atoms. The lowest BCUT2D eigenvalue weighted by Gasteiger charge is -2.31. The Labute approximate surface area is 202 Å². The Hall–Kier alpha value is -3.65. The zero-order valence-corrected chi connectivity index (χ0v) is 18.3. The van der Waals surface area contributed by atoms with Gasteiger partial charge in [0.1, 0.15) is 23.5 Å². The molecule has 1 fully saturated rings. The van der Waals surface area contributed by atoms with Crippen molar-refractivity contribution in [2.24, 2.45) is 5.92 Å². The Bertz CT molecular complexity index is 1040. The van der Waals surface area contributed by atoms with E-state index in [-0.39, 0.29) is 11.1 Å². The molecule has 2 unspecified atom stereocenters. The van der Waals surface area contributed by atoms with Gasteiger partial charge in [-0.2, -0.15) is 13.2 Å². The van der Waals surface area contributed by atoms with Crippen LogP contribution in [-0.4, -0.2) is 36.8 Å². The SMILES string of the molecule is O=C(NC(c1ccc(OC(F)(F)F)cc1)c1ccc(OC(F)(F)F)cc1)C1CCC(C(F)(F)F)NC1=O. The zero-order valence-electron chi connectivity index (χ0n) is 18.3. The number of ether oxygens (including phenoxy) is 2. The highest BCUT2D eigenvalue weighted by atomic mass is 19.4. The minimum Gasteiger partial charge on any atom is -0.406 e. The largest absolute Gasteiger partial charge is 0.573 e. The van der Waals surface area contributed by atoms with Gasteiger partial charge in [-0.05, 0) is 48.2 Å². The Morgan fingerprint density at radius 1 is 0.784 bits per heavy atom. The molecule has 0 radical (unpaired) electrons. The second-order valence-electron chi connectivity index (χ2n) is 7.91. The summed E-state index contributed by atoms with van der Waals surface area (Å²) in [5.74, 6) is -4.87. The third-order valence-corrected chi connectivity index (χ3v) is 5.27. The lowest BCUT2D eigenvalue weighted by Crippen LogP contribution is -2.54. The monoisotopic (exact) mass is 544 g/mol. The first-order valence-corrected chi connectivity index (χ1v) is 10.4. The summed E-state index contributed by atoms with van der Waals surface area (Å²) in [4.78, 5) is 25.0. The maximum Gasteiger partial charge on any atom is 0.573 e. The molecule has 2 aromatic rings. The van der Waals surface area contributed by atoms with Crippen LogP contribution < -0.4 is 20.1 Å². The van der Waals surface area contributed by atoms with Crippen LogP contribution in [0.2, 0.25) is 0 Å². The van der Waals surface area contributed by atoms with Crippen LogP contribution in [0.4, 0.5) is 39.5 Å². The van der Waals surface area contributed by atoms with Crippen molar-refractivity contribution in [3.8, 4) is 11.5 Å². The van der Waals surface area contributed by atoms with Crippen LogP contribution in [0, 0.1) is 5.92 Å². The number of carbonyl (C=O) groups is 2. The molecule has 0 saturated carbocycles. The molecule has 1 aliphatic heterocycles. The summed E-state index contributed by atoms with van der Waals surface area (Å²) >= 11 is 0. The predicted octanol–water partition coefficient (Wildman–Crippen LogP) is 5.15. The van der Waals surface area contributed by atoms with Crippen molar-refractivity contribution in [2.45, 2.75) is 43.8 Å². The highest BCUT2D eigenvalue weighted by Crippen LogP contribution is 2.32. The molecule has 1 heterocycles. The van der Waals surface area contributed by atoms with Gasteiger partial charge in [0.05, 0.1) is 6.04 Å². The molecule has 1 aliphatic rings. The van der Waals surface area contributed by atoms with Crippen molar-refractivity contribution in [3.05, 3.63) is 59.7 Å². The van der Waals surface area contributed by atoms with Gasteiger partial charge in [-0.25, -0.2) is 0 Å². The van der Waals surface area contributed by atoms with Crippen molar-refractivity contribution in [3.63, 3.8) is 0 Å². The Balaban J connectivity index is 1.85. The first-order chi connectivity index (χ1) is 17.0. The summed E-state index contributed by atoms with van der Waals surface area (Å²) in [6.45, 7) is 0. The molecule has 15 heteroatoms. The van der Waals surface area contributed by atoms with Crippen LogP contribution in [0.3, 0.4) is 0 Å². The number of hydrogen-bond donors (Lipinski definition) is 2. The van der Waals surface area contributed by atoms with Gasteiger partial charge in [0.2, 0.25) is 11.8 Å². The summed E-state index contributed by atoms with van der Waals surface area (Å²) in [5.41, 5.74) is 0.272. The number of halogens is 9. The van der Waals surface area contributed by atoms with Crippen LogP contribution in [-0.2, 0) is 9.59 Å². The molecular weight excluding hydrogens is 527 g/mol. The van der Waals surface area contributed by atoms with E-state index in [0.717, 1.165) is 48.5 Å². The number of alkyl halides is 9. The molecule has 37 heavy (non-hydrogen) atoms. The zero-order chi connectivity index (χ0) is 27.6. The van der Waals surface area contributed by atoms with E-state index in [9.17, 15) is 49.1 Å². The molecule has 2 atom stereocenters. The fraction of sp³-hybridized carbons (Fsp3) is 0.364. The minimum absolute atomic E-state index is 0.136. The van der Waals surface area contributed by atoms with Gasteiger partial charge in [-0.15, -0.1) is 26.3 Å². The van der Waals surface area contributed by atoms with Crippen LogP contribution >= 0.6 is 0 Å². The Morgan fingerprint density at radius 3 is 1.57 bits per heavy atom. The quantitative estimate of drug-likeness (QED) is 0.390. The van der Waals surface area contributed by atoms with Gasteiger partial charge in [0.25, 0.3) is 0 Å². The predicted molar refractivity (Wildman–Crippen MR) is 107 cm³/mol. The molecule has 2 aromatic carbocycles. The second-order valence-corrected chi connectivity index (χ2v) is 7.91. The Kier molecular flexibility index (Phi) is 7.83. The van der Waals surface area contributed by atoms with E-state index in [0.29, 0.717) is 0 Å². The number of rotatable bonds is 6. The number of hydrogen-bond acceptors (Lipinski definition) is 4. The van der Waals surface area contributed by atoms with Crippen molar-refractivity contribution in [1.82, 2.24) is 10.6 Å². The van der Waals surface area contributed by atoms with Crippen molar-refractivity contribution in [2.75, 3.05) is 0 Å². The highest BCUT2D eigenvalue weighted by Gasteiger charge is 2.46.